The number of hydrogen-bond acceptors (Lipinski definition) is 6. The zero-order valence-electron chi connectivity index (χ0n) is 16.3. The van der Waals surface area contributed by atoms with Crippen LogP contribution in [0.1, 0.15) is 23.5 Å². The number of nitrogens with zero attached hydrogens (tertiary/aromatic N) is 5. The van der Waals surface area contributed by atoms with Crippen molar-refractivity contribution < 1.29 is 9.59 Å². The summed E-state index contributed by atoms with van der Waals surface area (Å²) in [4.78, 5) is 29.4. The largest absolute Gasteiger partial charge is 0.324 e. The number of aryl methyl sites for hydroxylation is 1. The molecule has 0 saturated heterocycles. The SMILES string of the molecule is C[C@@H](C(=O)Nc1cccc(NC(=O)c2csc(-c3cnn(C)c3)n2)c1)n1cccn1. The van der Waals surface area contributed by atoms with Crippen molar-refractivity contribution in [1.82, 2.24) is 24.5 Å². The number of carbonyl (C=O) groups excluding carboxylic acids is 2. The van der Waals surface area contributed by atoms with Gasteiger partial charge in [-0.05, 0) is 31.2 Å². The van der Waals surface area contributed by atoms with Gasteiger partial charge >= 0.3 is 0 Å². The molecule has 2 amide bonds. The van der Waals surface area contributed by atoms with E-state index >= 15 is 0 Å². The molecule has 0 bridgehead atoms. The van der Waals surface area contributed by atoms with E-state index in [0.717, 1.165) is 10.6 Å². The van der Waals surface area contributed by atoms with Gasteiger partial charge in [-0.1, -0.05) is 6.07 Å². The summed E-state index contributed by atoms with van der Waals surface area (Å²) in [6, 6.07) is 8.26. The van der Waals surface area contributed by atoms with E-state index in [1.807, 2.05) is 13.2 Å². The summed E-state index contributed by atoms with van der Waals surface area (Å²) in [5.74, 6) is -0.530. The molecule has 4 rings (SSSR count). The van der Waals surface area contributed by atoms with Crippen molar-refractivity contribution in [3.05, 3.63) is 66.2 Å². The molecular weight excluding hydrogens is 402 g/mol. The fourth-order valence-corrected chi connectivity index (χ4v) is 3.56. The van der Waals surface area contributed by atoms with E-state index in [1.54, 1.807) is 70.6 Å². The minimum atomic E-state index is -0.459. The number of hydrogen-bond donors (Lipinski definition) is 2. The molecule has 10 heteroatoms. The number of thiazole rings is 1. The van der Waals surface area contributed by atoms with Gasteiger partial charge < -0.3 is 10.6 Å². The van der Waals surface area contributed by atoms with Gasteiger partial charge in [0.15, 0.2) is 0 Å². The van der Waals surface area contributed by atoms with E-state index in [9.17, 15) is 9.59 Å². The van der Waals surface area contributed by atoms with Crippen molar-refractivity contribution in [3.8, 4) is 10.6 Å². The Morgan fingerprint density at radius 3 is 2.63 bits per heavy atom. The summed E-state index contributed by atoms with van der Waals surface area (Å²) >= 11 is 1.38. The van der Waals surface area contributed by atoms with Crippen LogP contribution in [0.2, 0.25) is 0 Å². The van der Waals surface area contributed by atoms with Gasteiger partial charge in [-0.25, -0.2) is 4.98 Å². The van der Waals surface area contributed by atoms with Gasteiger partial charge in [0.25, 0.3) is 5.91 Å². The lowest BCUT2D eigenvalue weighted by Gasteiger charge is -2.13. The maximum atomic E-state index is 12.6. The first-order chi connectivity index (χ1) is 14.5. The topological polar surface area (TPSA) is 107 Å². The average Bonchev–Trinajstić information content (AvgIpc) is 3.49. The van der Waals surface area contributed by atoms with Gasteiger partial charge in [0.2, 0.25) is 5.91 Å². The zero-order chi connectivity index (χ0) is 21.1. The Kier molecular flexibility index (Phi) is 5.40. The summed E-state index contributed by atoms with van der Waals surface area (Å²) < 4.78 is 3.26. The highest BCUT2D eigenvalue weighted by Crippen LogP contribution is 2.24. The lowest BCUT2D eigenvalue weighted by molar-refractivity contribution is -0.119. The van der Waals surface area contributed by atoms with Crippen molar-refractivity contribution in [3.63, 3.8) is 0 Å². The lowest BCUT2D eigenvalue weighted by atomic mass is 10.2. The molecule has 0 radical (unpaired) electrons. The van der Waals surface area contributed by atoms with Gasteiger partial charge in [-0.15, -0.1) is 11.3 Å². The van der Waals surface area contributed by atoms with Crippen LogP contribution in [0.4, 0.5) is 11.4 Å². The molecule has 0 fully saturated rings. The van der Waals surface area contributed by atoms with Gasteiger partial charge in [0.1, 0.15) is 16.7 Å². The molecule has 3 aromatic heterocycles. The van der Waals surface area contributed by atoms with Gasteiger partial charge in [-0.2, -0.15) is 10.2 Å². The molecule has 0 spiro atoms. The van der Waals surface area contributed by atoms with Crippen LogP contribution in [-0.2, 0) is 11.8 Å². The molecule has 30 heavy (non-hydrogen) atoms. The molecule has 1 atom stereocenters. The highest BCUT2D eigenvalue weighted by Gasteiger charge is 2.16. The first-order valence-corrected chi connectivity index (χ1v) is 10.0. The van der Waals surface area contributed by atoms with Crippen molar-refractivity contribution >= 4 is 34.5 Å². The molecule has 4 aromatic rings. The third-order valence-electron chi connectivity index (χ3n) is 4.38. The predicted octanol–water partition coefficient (Wildman–Crippen LogP) is 3.19. The second kappa shape index (κ2) is 8.29. The first-order valence-electron chi connectivity index (χ1n) is 9.15. The summed E-state index contributed by atoms with van der Waals surface area (Å²) in [5, 5.41) is 16.3. The van der Waals surface area contributed by atoms with Crippen molar-refractivity contribution in [2.45, 2.75) is 13.0 Å². The molecule has 0 unspecified atom stereocenters. The molecule has 0 saturated carbocycles. The third-order valence-corrected chi connectivity index (χ3v) is 5.27. The number of anilines is 2. The van der Waals surface area contributed by atoms with Crippen LogP contribution in [0.5, 0.6) is 0 Å². The molecule has 3 heterocycles. The van der Waals surface area contributed by atoms with Crippen LogP contribution in [0.15, 0.2) is 60.5 Å². The minimum Gasteiger partial charge on any atom is -0.324 e. The number of carbonyl (C=O) groups is 2. The predicted molar refractivity (Wildman–Crippen MR) is 114 cm³/mol. The Hall–Kier alpha value is -3.79. The van der Waals surface area contributed by atoms with Crippen molar-refractivity contribution in [1.29, 1.82) is 0 Å². The molecule has 2 N–H and O–H groups in total. The van der Waals surface area contributed by atoms with Crippen LogP contribution >= 0.6 is 11.3 Å². The van der Waals surface area contributed by atoms with Crippen LogP contribution < -0.4 is 10.6 Å². The quantitative estimate of drug-likeness (QED) is 0.497. The lowest BCUT2D eigenvalue weighted by Crippen LogP contribution is -2.24. The summed E-state index contributed by atoms with van der Waals surface area (Å²) in [7, 11) is 1.83. The molecule has 0 aliphatic heterocycles. The Morgan fingerprint density at radius 2 is 1.93 bits per heavy atom. The number of amides is 2. The smallest absolute Gasteiger partial charge is 0.275 e. The van der Waals surface area contributed by atoms with Crippen molar-refractivity contribution in [2.75, 3.05) is 10.6 Å². The number of nitrogens with one attached hydrogen (secondary N) is 2. The van der Waals surface area contributed by atoms with Crippen LogP contribution in [0.25, 0.3) is 10.6 Å². The van der Waals surface area contributed by atoms with Gasteiger partial charge in [-0.3, -0.25) is 19.0 Å². The Balaban J connectivity index is 1.42. The Bertz CT molecular complexity index is 1180. The maximum absolute atomic E-state index is 12.6. The second-order valence-electron chi connectivity index (χ2n) is 6.63. The summed E-state index contributed by atoms with van der Waals surface area (Å²) in [5.41, 5.74) is 2.31. The number of rotatable bonds is 6. The minimum absolute atomic E-state index is 0.206. The van der Waals surface area contributed by atoms with Crippen LogP contribution in [0.3, 0.4) is 0 Å². The third kappa shape index (κ3) is 4.28. The summed E-state index contributed by atoms with van der Waals surface area (Å²) in [6.07, 6.45) is 6.90. The Morgan fingerprint density at radius 1 is 1.13 bits per heavy atom. The number of aromatic nitrogens is 5. The van der Waals surface area contributed by atoms with Gasteiger partial charge in [0.05, 0.1) is 6.20 Å². The first kappa shape index (κ1) is 19.5. The molecule has 152 valence electrons. The summed E-state index contributed by atoms with van der Waals surface area (Å²) in [6.45, 7) is 1.76. The van der Waals surface area contributed by atoms with Gasteiger partial charge in [0, 0.05) is 48.0 Å². The highest BCUT2D eigenvalue weighted by atomic mass is 32.1. The van der Waals surface area contributed by atoms with E-state index < -0.39 is 6.04 Å². The zero-order valence-corrected chi connectivity index (χ0v) is 17.1. The highest BCUT2D eigenvalue weighted by molar-refractivity contribution is 7.13. The van der Waals surface area contributed by atoms with E-state index in [2.05, 4.69) is 25.8 Å². The molecule has 0 aliphatic rings. The number of benzene rings is 1. The van der Waals surface area contributed by atoms with E-state index in [-0.39, 0.29) is 11.8 Å². The second-order valence-corrected chi connectivity index (χ2v) is 7.48. The standard InChI is InChI=1S/C20H19N7O2S/c1-13(27-8-4-7-21-27)18(28)23-15-5-3-6-16(9-15)24-19(29)17-12-30-20(25-17)14-10-22-26(2)11-14/h3-13H,1-2H3,(H,23,28)(H,24,29)/t13-/m0/s1. The molecule has 9 nitrogen and oxygen atoms in total. The fourth-order valence-electron chi connectivity index (χ4n) is 2.79. The van der Waals surface area contributed by atoms with E-state index in [4.69, 9.17) is 0 Å². The molecule has 1 aromatic carbocycles. The monoisotopic (exact) mass is 421 g/mol. The normalized spacial score (nSPS) is 11.8. The van der Waals surface area contributed by atoms with Crippen LogP contribution in [-0.4, -0.2) is 36.4 Å². The molecular formula is C20H19N7O2S. The average molecular weight is 421 g/mol. The maximum Gasteiger partial charge on any atom is 0.275 e. The van der Waals surface area contributed by atoms with E-state index in [1.165, 1.54) is 11.3 Å². The Labute approximate surface area is 176 Å². The fraction of sp³-hybridized carbons (Fsp3) is 0.150. The van der Waals surface area contributed by atoms with Crippen molar-refractivity contribution in [2.24, 2.45) is 7.05 Å². The van der Waals surface area contributed by atoms with E-state index in [0.29, 0.717) is 17.1 Å². The van der Waals surface area contributed by atoms with Crippen LogP contribution in [0, 0.1) is 0 Å². The molecule has 0 aliphatic carbocycles.